The van der Waals surface area contributed by atoms with E-state index in [1.165, 1.54) is 24.6 Å². The molecule has 1 saturated heterocycles. The van der Waals surface area contributed by atoms with Crippen LogP contribution in [0, 0.1) is 5.92 Å². The van der Waals surface area contributed by atoms with Gasteiger partial charge in [0.25, 0.3) is 5.91 Å². The van der Waals surface area contributed by atoms with Gasteiger partial charge in [-0.1, -0.05) is 12.1 Å². The highest BCUT2D eigenvalue weighted by atomic mass is 16.5. The molecule has 144 valence electrons. The Morgan fingerprint density at radius 2 is 2.07 bits per heavy atom. The first-order valence-corrected chi connectivity index (χ1v) is 9.53. The summed E-state index contributed by atoms with van der Waals surface area (Å²) < 4.78 is 5.22. The fourth-order valence-electron chi connectivity index (χ4n) is 3.69. The van der Waals surface area contributed by atoms with Crippen molar-refractivity contribution in [3.05, 3.63) is 53.9 Å². The minimum atomic E-state index is 0.0141. The molecular weight excluding hydrogens is 340 g/mol. The van der Waals surface area contributed by atoms with E-state index in [0.29, 0.717) is 11.5 Å². The van der Waals surface area contributed by atoms with E-state index in [0.717, 1.165) is 38.3 Å². The Labute approximate surface area is 161 Å². The number of carbonyl (C=O) groups is 1. The SMILES string of the molecule is COc1ccc(CCN2CCCC(CN(C)C(=O)c3ccnnc3)C2)cc1. The monoisotopic (exact) mass is 368 g/mol. The summed E-state index contributed by atoms with van der Waals surface area (Å²) in [6.07, 6.45) is 6.48. The van der Waals surface area contributed by atoms with Crippen molar-refractivity contribution in [3.63, 3.8) is 0 Å². The lowest BCUT2D eigenvalue weighted by atomic mass is 9.97. The van der Waals surface area contributed by atoms with E-state index in [2.05, 4.69) is 27.2 Å². The predicted molar refractivity (Wildman–Crippen MR) is 105 cm³/mol. The maximum absolute atomic E-state index is 12.5. The van der Waals surface area contributed by atoms with Crippen LogP contribution in [0.2, 0.25) is 0 Å². The number of piperidine rings is 1. The molecule has 0 radical (unpaired) electrons. The number of amides is 1. The summed E-state index contributed by atoms with van der Waals surface area (Å²) in [5.41, 5.74) is 1.93. The summed E-state index contributed by atoms with van der Waals surface area (Å²) in [5.74, 6) is 1.42. The fraction of sp³-hybridized carbons (Fsp3) is 0.476. The van der Waals surface area contributed by atoms with Crippen molar-refractivity contribution in [2.75, 3.05) is 40.3 Å². The quantitative estimate of drug-likeness (QED) is 0.752. The number of carbonyl (C=O) groups excluding carboxylic acids is 1. The van der Waals surface area contributed by atoms with Gasteiger partial charge in [-0.25, -0.2) is 0 Å². The third-order valence-corrected chi connectivity index (χ3v) is 5.19. The Morgan fingerprint density at radius 1 is 1.26 bits per heavy atom. The Kier molecular flexibility index (Phi) is 6.76. The zero-order valence-corrected chi connectivity index (χ0v) is 16.2. The maximum Gasteiger partial charge on any atom is 0.255 e. The van der Waals surface area contributed by atoms with Crippen molar-refractivity contribution >= 4 is 5.91 Å². The normalized spacial score (nSPS) is 17.5. The van der Waals surface area contributed by atoms with E-state index in [9.17, 15) is 4.79 Å². The molecule has 0 N–H and O–H groups in total. The number of methoxy groups -OCH3 is 1. The summed E-state index contributed by atoms with van der Waals surface area (Å²) in [4.78, 5) is 16.8. The van der Waals surface area contributed by atoms with Gasteiger partial charge in [-0.2, -0.15) is 10.2 Å². The molecule has 1 fully saturated rings. The number of aromatic nitrogens is 2. The van der Waals surface area contributed by atoms with E-state index in [-0.39, 0.29) is 5.91 Å². The molecule has 1 aromatic carbocycles. The highest BCUT2D eigenvalue weighted by molar-refractivity contribution is 5.93. The van der Waals surface area contributed by atoms with Crippen LogP contribution in [-0.2, 0) is 6.42 Å². The van der Waals surface area contributed by atoms with Gasteiger partial charge in [0.15, 0.2) is 0 Å². The molecule has 1 aliphatic rings. The molecule has 1 aromatic heterocycles. The second-order valence-electron chi connectivity index (χ2n) is 7.22. The summed E-state index contributed by atoms with van der Waals surface area (Å²) in [6, 6.07) is 10.0. The topological polar surface area (TPSA) is 58.6 Å². The van der Waals surface area contributed by atoms with Crippen LogP contribution in [0.4, 0.5) is 0 Å². The minimum Gasteiger partial charge on any atom is -0.497 e. The number of benzene rings is 1. The van der Waals surface area contributed by atoms with Gasteiger partial charge in [0.1, 0.15) is 5.75 Å². The van der Waals surface area contributed by atoms with E-state index >= 15 is 0 Å². The zero-order chi connectivity index (χ0) is 19.1. The number of likely N-dealkylation sites (tertiary alicyclic amines) is 1. The number of nitrogens with zero attached hydrogens (tertiary/aromatic N) is 4. The molecule has 0 spiro atoms. The van der Waals surface area contributed by atoms with Crippen molar-refractivity contribution < 1.29 is 9.53 Å². The number of ether oxygens (including phenoxy) is 1. The van der Waals surface area contributed by atoms with Crippen LogP contribution in [0.15, 0.2) is 42.7 Å². The van der Waals surface area contributed by atoms with Crippen LogP contribution in [0.1, 0.15) is 28.8 Å². The van der Waals surface area contributed by atoms with E-state index in [1.807, 2.05) is 24.1 Å². The van der Waals surface area contributed by atoms with Crippen molar-refractivity contribution in [2.24, 2.45) is 5.92 Å². The lowest BCUT2D eigenvalue weighted by molar-refractivity contribution is 0.0730. The first-order valence-electron chi connectivity index (χ1n) is 9.53. The second-order valence-corrected chi connectivity index (χ2v) is 7.22. The Bertz CT molecular complexity index is 721. The van der Waals surface area contributed by atoms with Gasteiger partial charge < -0.3 is 14.5 Å². The fourth-order valence-corrected chi connectivity index (χ4v) is 3.69. The van der Waals surface area contributed by atoms with Gasteiger partial charge in [0.05, 0.1) is 25.1 Å². The molecular formula is C21H28N4O2. The van der Waals surface area contributed by atoms with Gasteiger partial charge >= 0.3 is 0 Å². The smallest absolute Gasteiger partial charge is 0.255 e. The average Bonchev–Trinajstić information content (AvgIpc) is 2.73. The molecule has 1 amide bonds. The predicted octanol–water partition coefficient (Wildman–Crippen LogP) is 2.51. The van der Waals surface area contributed by atoms with Gasteiger partial charge in [-0.15, -0.1) is 0 Å². The molecule has 1 atom stereocenters. The van der Waals surface area contributed by atoms with E-state index < -0.39 is 0 Å². The number of rotatable bonds is 7. The molecule has 2 aromatic rings. The zero-order valence-electron chi connectivity index (χ0n) is 16.2. The van der Waals surface area contributed by atoms with Crippen LogP contribution in [0.3, 0.4) is 0 Å². The van der Waals surface area contributed by atoms with E-state index in [4.69, 9.17) is 4.74 Å². The van der Waals surface area contributed by atoms with Gasteiger partial charge in [-0.05, 0) is 55.5 Å². The van der Waals surface area contributed by atoms with Crippen molar-refractivity contribution in [2.45, 2.75) is 19.3 Å². The summed E-state index contributed by atoms with van der Waals surface area (Å²) in [6.45, 7) is 4.01. The summed E-state index contributed by atoms with van der Waals surface area (Å²) >= 11 is 0. The van der Waals surface area contributed by atoms with Crippen LogP contribution in [-0.4, -0.2) is 66.2 Å². The molecule has 1 unspecified atom stereocenters. The maximum atomic E-state index is 12.5. The molecule has 1 aliphatic heterocycles. The highest BCUT2D eigenvalue weighted by Crippen LogP contribution is 2.19. The lowest BCUT2D eigenvalue weighted by Gasteiger charge is -2.34. The van der Waals surface area contributed by atoms with Crippen LogP contribution in [0.5, 0.6) is 5.75 Å². The molecule has 27 heavy (non-hydrogen) atoms. The van der Waals surface area contributed by atoms with Crippen molar-refractivity contribution in [1.29, 1.82) is 0 Å². The summed E-state index contributed by atoms with van der Waals surface area (Å²) in [5, 5.41) is 7.53. The molecule has 2 heterocycles. The Hall–Kier alpha value is -2.47. The van der Waals surface area contributed by atoms with Gasteiger partial charge in [-0.3, -0.25) is 4.79 Å². The Balaban J connectivity index is 1.47. The van der Waals surface area contributed by atoms with Gasteiger partial charge in [0, 0.05) is 26.7 Å². The average molecular weight is 368 g/mol. The second kappa shape index (κ2) is 9.46. The van der Waals surface area contributed by atoms with Crippen molar-refractivity contribution in [1.82, 2.24) is 20.0 Å². The summed E-state index contributed by atoms with van der Waals surface area (Å²) in [7, 11) is 3.56. The molecule has 0 aliphatic carbocycles. The highest BCUT2D eigenvalue weighted by Gasteiger charge is 2.23. The number of hydrogen-bond donors (Lipinski definition) is 0. The third-order valence-electron chi connectivity index (χ3n) is 5.19. The molecule has 0 bridgehead atoms. The van der Waals surface area contributed by atoms with Crippen LogP contribution in [0.25, 0.3) is 0 Å². The lowest BCUT2D eigenvalue weighted by Crippen LogP contribution is -2.42. The Morgan fingerprint density at radius 3 is 2.78 bits per heavy atom. The van der Waals surface area contributed by atoms with Gasteiger partial charge in [0.2, 0.25) is 0 Å². The first kappa shape index (κ1) is 19.3. The van der Waals surface area contributed by atoms with E-state index in [1.54, 1.807) is 19.4 Å². The van der Waals surface area contributed by atoms with Crippen LogP contribution >= 0.6 is 0 Å². The molecule has 3 rings (SSSR count). The van der Waals surface area contributed by atoms with Crippen LogP contribution < -0.4 is 4.74 Å². The number of hydrogen-bond acceptors (Lipinski definition) is 5. The molecule has 6 nitrogen and oxygen atoms in total. The molecule has 6 heteroatoms. The minimum absolute atomic E-state index is 0.0141. The largest absolute Gasteiger partial charge is 0.497 e. The third kappa shape index (κ3) is 5.50. The molecule has 0 saturated carbocycles. The van der Waals surface area contributed by atoms with Crippen molar-refractivity contribution in [3.8, 4) is 5.75 Å². The first-order chi connectivity index (χ1) is 13.2. The standard InChI is InChI=1S/C21H28N4O2/c1-24(21(26)19-9-11-22-23-14-19)15-18-4-3-12-25(16-18)13-10-17-5-7-20(27-2)8-6-17/h5-9,11,14,18H,3-4,10,12-13,15-16H2,1-2H3.